The molecule has 28 heavy (non-hydrogen) atoms. The molecule has 8 heteroatoms. The van der Waals surface area contributed by atoms with Crippen LogP contribution in [0.4, 0.5) is 0 Å². The molecule has 0 saturated heterocycles. The molecule has 7 nitrogen and oxygen atoms in total. The summed E-state index contributed by atoms with van der Waals surface area (Å²) in [7, 11) is 1.91. The molecule has 0 aliphatic rings. The summed E-state index contributed by atoms with van der Waals surface area (Å²) in [5.41, 5.74) is 4.99. The normalized spacial score (nSPS) is 10.9. The topological polar surface area (TPSA) is 81.4 Å². The molecular formula is C20H21N5O2S. The molecule has 0 aliphatic carbocycles. The van der Waals surface area contributed by atoms with Gasteiger partial charge in [0, 0.05) is 23.9 Å². The van der Waals surface area contributed by atoms with Crippen molar-refractivity contribution in [1.29, 1.82) is 0 Å². The van der Waals surface area contributed by atoms with Gasteiger partial charge in [-0.05, 0) is 36.8 Å². The fraction of sp³-hybridized carbons (Fsp3) is 0.200. The Kier molecular flexibility index (Phi) is 6.80. The average molecular weight is 395 g/mol. The number of rotatable bonds is 8. The van der Waals surface area contributed by atoms with Crippen molar-refractivity contribution in [3.63, 3.8) is 0 Å². The largest absolute Gasteiger partial charge is 0.493 e. The molecule has 1 heterocycles. The van der Waals surface area contributed by atoms with Crippen molar-refractivity contribution < 1.29 is 9.53 Å². The Morgan fingerprint density at radius 3 is 2.75 bits per heavy atom. The maximum Gasteiger partial charge on any atom is 0.271 e. The van der Waals surface area contributed by atoms with E-state index >= 15 is 0 Å². The molecule has 3 rings (SSSR count). The number of hydrogen-bond acceptors (Lipinski definition) is 6. The summed E-state index contributed by atoms with van der Waals surface area (Å²) in [6, 6.07) is 14.9. The summed E-state index contributed by atoms with van der Waals surface area (Å²) >= 11 is 1.59. The maximum absolute atomic E-state index is 12.3. The Morgan fingerprint density at radius 2 is 2.04 bits per heavy atom. The highest BCUT2D eigenvalue weighted by Gasteiger charge is 2.06. The number of nitrogens with zero attached hydrogens (tertiary/aromatic N) is 4. The number of aryl methyl sites for hydroxylation is 1. The number of aromatic nitrogens is 3. The fourth-order valence-corrected chi connectivity index (χ4v) is 3.25. The van der Waals surface area contributed by atoms with Gasteiger partial charge in [-0.2, -0.15) is 5.10 Å². The van der Waals surface area contributed by atoms with Gasteiger partial charge in [0.15, 0.2) is 5.16 Å². The van der Waals surface area contributed by atoms with Crippen molar-refractivity contribution >= 4 is 23.9 Å². The number of benzene rings is 2. The van der Waals surface area contributed by atoms with Crippen molar-refractivity contribution in [3.8, 4) is 5.75 Å². The second-order valence-electron chi connectivity index (χ2n) is 5.88. The van der Waals surface area contributed by atoms with E-state index < -0.39 is 0 Å². The number of carbonyl (C=O) groups excluding carboxylic acids is 1. The van der Waals surface area contributed by atoms with Crippen molar-refractivity contribution in [3.05, 3.63) is 71.5 Å². The number of para-hydroxylation sites is 1. The SMILES string of the molecule is CCOc1ccccc1/C=N/NC(=O)c1ccc(CSc2nncn2C)cc1. The van der Waals surface area contributed by atoms with Gasteiger partial charge in [0.25, 0.3) is 5.91 Å². The molecule has 0 bridgehead atoms. The summed E-state index contributed by atoms with van der Waals surface area (Å²) in [6.45, 7) is 2.49. The predicted molar refractivity (Wildman–Crippen MR) is 110 cm³/mol. The minimum atomic E-state index is -0.266. The van der Waals surface area contributed by atoms with Gasteiger partial charge in [-0.25, -0.2) is 5.43 Å². The summed E-state index contributed by atoms with van der Waals surface area (Å²) < 4.78 is 7.40. The standard InChI is InChI=1S/C20H21N5O2S/c1-3-27-18-7-5-4-6-17(18)12-21-23-19(26)16-10-8-15(9-11-16)13-28-20-24-22-14-25(20)2/h4-12,14H,3,13H2,1-2H3,(H,23,26)/b21-12+. The first-order chi connectivity index (χ1) is 13.7. The van der Waals surface area contributed by atoms with Crippen LogP contribution in [-0.2, 0) is 12.8 Å². The van der Waals surface area contributed by atoms with Crippen LogP contribution < -0.4 is 10.2 Å². The third kappa shape index (κ3) is 5.20. The first-order valence-corrected chi connectivity index (χ1v) is 9.77. The Labute approximate surface area is 167 Å². The van der Waals surface area contributed by atoms with E-state index in [-0.39, 0.29) is 5.91 Å². The summed E-state index contributed by atoms with van der Waals surface area (Å²) in [5, 5.41) is 12.8. The van der Waals surface area contributed by atoms with E-state index in [1.165, 1.54) is 0 Å². The van der Waals surface area contributed by atoms with Crippen molar-refractivity contribution in [1.82, 2.24) is 20.2 Å². The fourth-order valence-electron chi connectivity index (χ4n) is 2.40. The molecule has 0 saturated carbocycles. The van der Waals surface area contributed by atoms with E-state index in [4.69, 9.17) is 4.74 Å². The van der Waals surface area contributed by atoms with Crippen LogP contribution in [0.5, 0.6) is 5.75 Å². The first-order valence-electron chi connectivity index (χ1n) is 8.78. The van der Waals surface area contributed by atoms with E-state index in [1.807, 2.05) is 54.9 Å². The van der Waals surface area contributed by atoms with Crippen LogP contribution in [0.25, 0.3) is 0 Å². The number of hydrogen-bond donors (Lipinski definition) is 1. The molecular weight excluding hydrogens is 374 g/mol. The number of thioether (sulfide) groups is 1. The number of amides is 1. The highest BCUT2D eigenvalue weighted by molar-refractivity contribution is 7.98. The molecule has 1 aromatic heterocycles. The number of carbonyl (C=O) groups is 1. The van der Waals surface area contributed by atoms with Crippen molar-refractivity contribution in [2.24, 2.45) is 12.1 Å². The van der Waals surface area contributed by atoms with Crippen LogP contribution in [0.15, 0.2) is 65.1 Å². The lowest BCUT2D eigenvalue weighted by atomic mass is 10.1. The molecule has 0 radical (unpaired) electrons. The first kappa shape index (κ1) is 19.6. The van der Waals surface area contributed by atoms with Gasteiger partial charge in [0.1, 0.15) is 12.1 Å². The zero-order valence-electron chi connectivity index (χ0n) is 15.7. The average Bonchev–Trinajstić information content (AvgIpc) is 3.13. The lowest BCUT2D eigenvalue weighted by Crippen LogP contribution is -2.17. The zero-order valence-corrected chi connectivity index (χ0v) is 16.5. The number of nitrogens with one attached hydrogen (secondary N) is 1. The van der Waals surface area contributed by atoms with E-state index in [0.717, 1.165) is 27.8 Å². The van der Waals surface area contributed by atoms with E-state index in [1.54, 1.807) is 36.4 Å². The summed E-state index contributed by atoms with van der Waals surface area (Å²) in [5.74, 6) is 1.21. The quantitative estimate of drug-likeness (QED) is 0.360. The summed E-state index contributed by atoms with van der Waals surface area (Å²) in [4.78, 5) is 12.3. The Hall–Kier alpha value is -3.13. The van der Waals surface area contributed by atoms with Crippen LogP contribution in [0.3, 0.4) is 0 Å². The molecule has 144 valence electrons. The molecule has 0 aliphatic heterocycles. The van der Waals surface area contributed by atoms with Crippen LogP contribution in [0, 0.1) is 0 Å². The molecule has 0 atom stereocenters. The Bertz CT molecular complexity index is 953. The van der Waals surface area contributed by atoms with Gasteiger partial charge >= 0.3 is 0 Å². The lowest BCUT2D eigenvalue weighted by Gasteiger charge is -2.06. The van der Waals surface area contributed by atoms with E-state index in [0.29, 0.717) is 12.2 Å². The molecule has 1 N–H and O–H groups in total. The Balaban J connectivity index is 1.55. The number of hydrazone groups is 1. The smallest absolute Gasteiger partial charge is 0.271 e. The van der Waals surface area contributed by atoms with Gasteiger partial charge in [-0.1, -0.05) is 36.0 Å². The molecule has 0 fully saturated rings. The van der Waals surface area contributed by atoms with Gasteiger partial charge in [-0.15, -0.1) is 10.2 Å². The van der Waals surface area contributed by atoms with Crippen molar-refractivity contribution in [2.45, 2.75) is 17.8 Å². The highest BCUT2D eigenvalue weighted by Crippen LogP contribution is 2.20. The molecule has 0 unspecified atom stereocenters. The van der Waals surface area contributed by atoms with Crippen LogP contribution in [-0.4, -0.2) is 33.5 Å². The van der Waals surface area contributed by atoms with Gasteiger partial charge in [-0.3, -0.25) is 4.79 Å². The molecule has 0 spiro atoms. The van der Waals surface area contributed by atoms with Gasteiger partial charge in [0.05, 0.1) is 12.8 Å². The monoisotopic (exact) mass is 395 g/mol. The highest BCUT2D eigenvalue weighted by atomic mass is 32.2. The second kappa shape index (κ2) is 9.70. The second-order valence-corrected chi connectivity index (χ2v) is 6.82. The third-order valence-corrected chi connectivity index (χ3v) is 4.95. The van der Waals surface area contributed by atoms with Gasteiger partial charge < -0.3 is 9.30 Å². The lowest BCUT2D eigenvalue weighted by molar-refractivity contribution is 0.0955. The predicted octanol–water partition coefficient (Wildman–Crippen LogP) is 3.27. The minimum Gasteiger partial charge on any atom is -0.493 e. The van der Waals surface area contributed by atoms with Crippen LogP contribution >= 0.6 is 11.8 Å². The van der Waals surface area contributed by atoms with E-state index in [9.17, 15) is 4.79 Å². The maximum atomic E-state index is 12.3. The molecule has 2 aromatic carbocycles. The van der Waals surface area contributed by atoms with Crippen molar-refractivity contribution in [2.75, 3.05) is 6.61 Å². The molecule has 3 aromatic rings. The zero-order chi connectivity index (χ0) is 19.8. The number of ether oxygens (including phenoxy) is 1. The van der Waals surface area contributed by atoms with E-state index in [2.05, 4.69) is 20.7 Å². The van der Waals surface area contributed by atoms with Crippen LogP contribution in [0.2, 0.25) is 0 Å². The molecule has 1 amide bonds. The Morgan fingerprint density at radius 1 is 1.25 bits per heavy atom. The summed E-state index contributed by atoms with van der Waals surface area (Å²) in [6.07, 6.45) is 3.25. The van der Waals surface area contributed by atoms with Crippen LogP contribution in [0.1, 0.15) is 28.4 Å². The third-order valence-electron chi connectivity index (χ3n) is 3.84. The minimum absolute atomic E-state index is 0.266. The van der Waals surface area contributed by atoms with Gasteiger partial charge in [0.2, 0.25) is 0 Å².